The predicted octanol–water partition coefficient (Wildman–Crippen LogP) is 4.91. The fraction of sp³-hybridized carbons (Fsp3) is 0.457. The van der Waals surface area contributed by atoms with E-state index in [0.29, 0.717) is 25.2 Å². The third kappa shape index (κ3) is 9.35. The molecule has 0 spiro atoms. The number of carbonyl (C=O) groups excluding carboxylic acids is 1. The highest BCUT2D eigenvalue weighted by Gasteiger charge is 2.32. The van der Waals surface area contributed by atoms with E-state index in [4.69, 9.17) is 9.47 Å². The van der Waals surface area contributed by atoms with Crippen molar-refractivity contribution in [3.8, 4) is 5.75 Å². The van der Waals surface area contributed by atoms with E-state index >= 15 is 0 Å². The number of anilines is 1. The van der Waals surface area contributed by atoms with Crippen LogP contribution in [0, 0.1) is 12.8 Å². The lowest BCUT2D eigenvalue weighted by Gasteiger charge is -2.35. The maximum absolute atomic E-state index is 14.4. The predicted molar refractivity (Wildman–Crippen MR) is 185 cm³/mol. The van der Waals surface area contributed by atoms with Crippen molar-refractivity contribution in [1.29, 1.82) is 0 Å². The van der Waals surface area contributed by atoms with Gasteiger partial charge in [-0.2, -0.15) is 4.31 Å². The van der Waals surface area contributed by atoms with Crippen LogP contribution in [-0.4, -0.2) is 88.7 Å². The van der Waals surface area contributed by atoms with Crippen LogP contribution < -0.4 is 9.46 Å². The van der Waals surface area contributed by atoms with Gasteiger partial charge >= 0.3 is 0 Å². The summed E-state index contributed by atoms with van der Waals surface area (Å²) in [6.07, 6.45) is 1.31. The van der Waals surface area contributed by atoms with Crippen LogP contribution in [0.4, 0.5) is 5.69 Å². The highest BCUT2D eigenvalue weighted by molar-refractivity contribution is 7.92. The summed E-state index contributed by atoms with van der Waals surface area (Å²) < 4.78 is 69.5. The Hall–Kier alpha value is -3.49. The number of nitrogens with one attached hydrogen (secondary N) is 1. The van der Waals surface area contributed by atoms with Crippen LogP contribution in [0.2, 0.25) is 0 Å². The number of ether oxygens (including phenoxy) is 2. The first-order valence-electron chi connectivity index (χ1n) is 16.2. The zero-order valence-electron chi connectivity index (χ0n) is 28.2. The van der Waals surface area contributed by atoms with E-state index in [9.17, 15) is 26.7 Å². The first-order valence-corrected chi connectivity index (χ1v) is 19.1. The number of fused-ring (bicyclic) bond motifs is 1. The molecule has 0 saturated carbocycles. The average molecular weight is 702 g/mol. The van der Waals surface area contributed by atoms with Gasteiger partial charge in [-0.25, -0.2) is 16.8 Å². The maximum atomic E-state index is 14.4. The van der Waals surface area contributed by atoms with Crippen molar-refractivity contribution in [3.05, 3.63) is 83.9 Å². The molecule has 0 radical (unpaired) electrons. The first kappa shape index (κ1) is 37.3. The van der Waals surface area contributed by atoms with E-state index in [1.807, 2.05) is 20.8 Å². The maximum Gasteiger partial charge on any atom is 0.261 e. The smallest absolute Gasteiger partial charge is 0.261 e. The molecule has 1 amide bonds. The van der Waals surface area contributed by atoms with Gasteiger partial charge in [0.2, 0.25) is 10.0 Å². The van der Waals surface area contributed by atoms with Crippen molar-refractivity contribution in [2.45, 2.75) is 75.0 Å². The number of amides is 1. The van der Waals surface area contributed by atoms with Crippen LogP contribution >= 0.6 is 0 Å². The second-order valence-corrected chi connectivity index (χ2v) is 16.3. The summed E-state index contributed by atoms with van der Waals surface area (Å²) in [5.74, 6) is -0.527. The van der Waals surface area contributed by atoms with Gasteiger partial charge < -0.3 is 19.5 Å². The second kappa shape index (κ2) is 16.3. The van der Waals surface area contributed by atoms with Gasteiger partial charge in [-0.3, -0.25) is 9.52 Å². The zero-order valence-corrected chi connectivity index (χ0v) is 29.8. The van der Waals surface area contributed by atoms with Crippen LogP contribution in [0.5, 0.6) is 5.75 Å². The molecule has 11 nitrogen and oxygen atoms in total. The number of benzene rings is 3. The van der Waals surface area contributed by atoms with Crippen molar-refractivity contribution in [1.82, 2.24) is 9.21 Å². The molecule has 262 valence electrons. The van der Waals surface area contributed by atoms with Gasteiger partial charge in [0.05, 0.1) is 40.2 Å². The third-order valence-electron chi connectivity index (χ3n) is 8.52. The molecule has 1 heterocycles. The molecular weight excluding hydrogens is 655 g/mol. The Balaban J connectivity index is 1.68. The fourth-order valence-corrected chi connectivity index (χ4v) is 7.76. The van der Waals surface area contributed by atoms with E-state index in [1.54, 1.807) is 61.5 Å². The standard InChI is InChI=1S/C35H47N3O8S2/c1-25-14-17-30(18-15-25)47(41,42)36-29-16-19-33-32(21-29)35(40)38(27(3)24-39)22-26(2)34(45-20-10-9-11-28(4)46-33)23-37(5)48(43,44)31-12-7-6-8-13-31/h6-8,12-19,21,26-28,34,36,39H,9-11,20,22-24H2,1-5H3/t26-,27+,28+,34+/m0/s1. The van der Waals surface area contributed by atoms with Crippen LogP contribution in [0.25, 0.3) is 0 Å². The second-order valence-electron chi connectivity index (χ2n) is 12.5. The van der Waals surface area contributed by atoms with Crippen molar-refractivity contribution < 1.29 is 36.2 Å². The molecule has 0 fully saturated rings. The molecule has 1 aliphatic rings. The summed E-state index contributed by atoms with van der Waals surface area (Å²) >= 11 is 0. The summed E-state index contributed by atoms with van der Waals surface area (Å²) in [6.45, 7) is 7.59. The Morgan fingerprint density at radius 1 is 0.979 bits per heavy atom. The number of aliphatic hydroxyl groups excluding tert-OH is 1. The Morgan fingerprint density at radius 2 is 1.67 bits per heavy atom. The summed E-state index contributed by atoms with van der Waals surface area (Å²) in [6, 6.07) is 18.6. The number of aliphatic hydroxyl groups is 1. The monoisotopic (exact) mass is 701 g/mol. The van der Waals surface area contributed by atoms with Gasteiger partial charge in [0.1, 0.15) is 5.75 Å². The van der Waals surface area contributed by atoms with Crippen molar-refractivity contribution in [2.24, 2.45) is 5.92 Å². The number of sulfonamides is 2. The van der Waals surface area contributed by atoms with Crippen LogP contribution in [0.3, 0.4) is 0 Å². The Morgan fingerprint density at radius 3 is 2.33 bits per heavy atom. The molecule has 1 aliphatic heterocycles. The highest BCUT2D eigenvalue weighted by atomic mass is 32.2. The molecule has 48 heavy (non-hydrogen) atoms. The number of likely N-dealkylation sites (N-methyl/N-ethyl adjacent to an activating group) is 1. The van der Waals surface area contributed by atoms with E-state index in [0.717, 1.165) is 12.0 Å². The van der Waals surface area contributed by atoms with Gasteiger partial charge in [0.15, 0.2) is 0 Å². The van der Waals surface area contributed by atoms with E-state index in [1.165, 1.54) is 34.5 Å². The topological polar surface area (TPSA) is 143 Å². The van der Waals surface area contributed by atoms with Gasteiger partial charge in [-0.15, -0.1) is 0 Å². The summed E-state index contributed by atoms with van der Waals surface area (Å²) in [5.41, 5.74) is 1.23. The van der Waals surface area contributed by atoms with Crippen LogP contribution in [0.1, 0.15) is 56.0 Å². The molecule has 0 unspecified atom stereocenters. The first-order chi connectivity index (χ1) is 22.7. The number of hydrogen-bond donors (Lipinski definition) is 2. The van der Waals surface area contributed by atoms with Crippen molar-refractivity contribution in [2.75, 3.05) is 38.1 Å². The molecule has 0 aliphatic carbocycles. The van der Waals surface area contributed by atoms with E-state index in [-0.39, 0.29) is 52.8 Å². The fourth-order valence-electron chi connectivity index (χ4n) is 5.50. The lowest BCUT2D eigenvalue weighted by Crippen LogP contribution is -2.48. The molecule has 0 saturated heterocycles. The molecule has 2 N–H and O–H groups in total. The summed E-state index contributed by atoms with van der Waals surface area (Å²) in [5, 5.41) is 10.2. The van der Waals surface area contributed by atoms with Crippen LogP contribution in [0.15, 0.2) is 82.6 Å². The van der Waals surface area contributed by atoms with Gasteiger partial charge in [0, 0.05) is 38.3 Å². The number of rotatable bonds is 9. The third-order valence-corrected chi connectivity index (χ3v) is 11.8. The number of aryl methyl sites for hydroxylation is 1. The lowest BCUT2D eigenvalue weighted by molar-refractivity contribution is -0.00833. The molecule has 0 bridgehead atoms. The molecule has 13 heteroatoms. The quantitative estimate of drug-likeness (QED) is 0.321. The molecule has 3 aromatic carbocycles. The van der Waals surface area contributed by atoms with E-state index in [2.05, 4.69) is 4.72 Å². The van der Waals surface area contributed by atoms with Crippen molar-refractivity contribution >= 4 is 31.6 Å². The van der Waals surface area contributed by atoms with Crippen molar-refractivity contribution in [3.63, 3.8) is 0 Å². The Kier molecular flexibility index (Phi) is 12.7. The lowest BCUT2D eigenvalue weighted by atomic mass is 10.0. The molecule has 4 atom stereocenters. The largest absolute Gasteiger partial charge is 0.490 e. The minimum Gasteiger partial charge on any atom is -0.490 e. The number of carbonyl (C=O) groups is 1. The molecule has 4 rings (SSSR count). The summed E-state index contributed by atoms with van der Waals surface area (Å²) in [7, 11) is -6.24. The minimum absolute atomic E-state index is 0.0506. The van der Waals surface area contributed by atoms with Gasteiger partial charge in [-0.1, -0.05) is 42.8 Å². The van der Waals surface area contributed by atoms with Gasteiger partial charge in [-0.05, 0) is 82.5 Å². The summed E-state index contributed by atoms with van der Waals surface area (Å²) in [4.78, 5) is 16.1. The Bertz CT molecular complexity index is 1740. The highest BCUT2D eigenvalue weighted by Crippen LogP contribution is 2.30. The minimum atomic E-state index is -3.95. The number of hydrogen-bond acceptors (Lipinski definition) is 8. The van der Waals surface area contributed by atoms with Gasteiger partial charge in [0.25, 0.3) is 15.9 Å². The average Bonchev–Trinajstić information content (AvgIpc) is 3.06. The molecule has 3 aromatic rings. The normalized spacial score (nSPS) is 20.8. The zero-order chi connectivity index (χ0) is 35.1. The molecular formula is C35H47N3O8S2. The Labute approximate surface area is 285 Å². The van der Waals surface area contributed by atoms with Crippen LogP contribution in [-0.2, 0) is 24.8 Å². The SMILES string of the molecule is Cc1ccc(S(=O)(=O)Nc2ccc3c(c2)C(=O)N([C@H](C)CO)C[C@H](C)[C@@H](CN(C)S(=O)(=O)c2ccccc2)OCCCC[C@@H](C)O3)cc1. The number of nitrogens with zero attached hydrogens (tertiary/aromatic N) is 2. The molecule has 0 aromatic heterocycles. The van der Waals surface area contributed by atoms with E-state index < -0.39 is 38.1 Å².